The standard InChI is InChI=1S/C20H16FN3O/c1-13-16-11-18(25)24(12-15-9-5-6-10-17(15)21)20(16)23-19(22-13)14-7-3-2-4-8-14/h2-10H,11-12H2,1H3. The van der Waals surface area contributed by atoms with E-state index in [1.165, 1.54) is 6.07 Å². The summed E-state index contributed by atoms with van der Waals surface area (Å²) in [6, 6.07) is 16.1. The van der Waals surface area contributed by atoms with Gasteiger partial charge in [-0.25, -0.2) is 14.4 Å². The average Bonchev–Trinajstić information content (AvgIpc) is 2.94. The molecule has 1 aliphatic heterocycles. The van der Waals surface area contributed by atoms with Crippen LogP contribution < -0.4 is 4.90 Å². The molecule has 124 valence electrons. The lowest BCUT2D eigenvalue weighted by atomic mass is 10.1. The lowest BCUT2D eigenvalue weighted by Gasteiger charge is -2.18. The molecule has 0 saturated heterocycles. The number of aromatic nitrogens is 2. The van der Waals surface area contributed by atoms with Crippen molar-refractivity contribution in [2.24, 2.45) is 0 Å². The molecule has 25 heavy (non-hydrogen) atoms. The Morgan fingerprint density at radius 3 is 2.52 bits per heavy atom. The second-order valence-corrected chi connectivity index (χ2v) is 6.05. The van der Waals surface area contributed by atoms with E-state index in [2.05, 4.69) is 9.97 Å². The van der Waals surface area contributed by atoms with Gasteiger partial charge in [0, 0.05) is 22.4 Å². The van der Waals surface area contributed by atoms with Gasteiger partial charge in [-0.05, 0) is 13.0 Å². The van der Waals surface area contributed by atoms with Gasteiger partial charge in [0.15, 0.2) is 5.82 Å². The molecular formula is C20H16FN3O. The summed E-state index contributed by atoms with van der Waals surface area (Å²) in [7, 11) is 0. The lowest BCUT2D eigenvalue weighted by Crippen LogP contribution is -2.27. The van der Waals surface area contributed by atoms with Gasteiger partial charge < -0.3 is 0 Å². The highest BCUT2D eigenvalue weighted by Gasteiger charge is 2.32. The van der Waals surface area contributed by atoms with Gasteiger partial charge in [0.25, 0.3) is 0 Å². The Labute approximate surface area is 145 Å². The molecule has 0 N–H and O–H groups in total. The molecular weight excluding hydrogens is 317 g/mol. The minimum absolute atomic E-state index is 0.0825. The number of carbonyl (C=O) groups is 1. The number of halogens is 1. The molecule has 4 rings (SSSR count). The van der Waals surface area contributed by atoms with E-state index in [9.17, 15) is 9.18 Å². The SMILES string of the molecule is Cc1nc(-c2ccccc2)nc2c1CC(=O)N2Cc1ccccc1F. The fraction of sp³-hybridized carbons (Fsp3) is 0.150. The van der Waals surface area contributed by atoms with E-state index in [1.807, 2.05) is 37.3 Å². The fourth-order valence-corrected chi connectivity index (χ4v) is 3.05. The van der Waals surface area contributed by atoms with E-state index in [1.54, 1.807) is 23.1 Å². The van der Waals surface area contributed by atoms with E-state index in [0.29, 0.717) is 17.2 Å². The highest BCUT2D eigenvalue weighted by Crippen LogP contribution is 2.32. The van der Waals surface area contributed by atoms with Crippen LogP contribution in [0.4, 0.5) is 10.2 Å². The summed E-state index contributed by atoms with van der Waals surface area (Å²) in [4.78, 5) is 23.2. The van der Waals surface area contributed by atoms with Gasteiger partial charge in [0.2, 0.25) is 5.91 Å². The summed E-state index contributed by atoms with van der Waals surface area (Å²) < 4.78 is 14.0. The molecule has 2 aromatic carbocycles. The van der Waals surface area contributed by atoms with Gasteiger partial charge in [0.1, 0.15) is 11.6 Å². The van der Waals surface area contributed by atoms with Crippen molar-refractivity contribution in [3.63, 3.8) is 0 Å². The number of fused-ring (bicyclic) bond motifs is 1. The monoisotopic (exact) mass is 333 g/mol. The molecule has 2 heterocycles. The van der Waals surface area contributed by atoms with E-state index < -0.39 is 0 Å². The van der Waals surface area contributed by atoms with E-state index in [0.717, 1.165) is 16.8 Å². The Hall–Kier alpha value is -3.08. The topological polar surface area (TPSA) is 46.1 Å². The molecule has 0 unspecified atom stereocenters. The molecule has 0 fully saturated rings. The van der Waals surface area contributed by atoms with Gasteiger partial charge in [-0.15, -0.1) is 0 Å². The molecule has 1 amide bonds. The van der Waals surface area contributed by atoms with Crippen molar-refractivity contribution in [3.8, 4) is 11.4 Å². The molecule has 3 aromatic rings. The Kier molecular flexibility index (Phi) is 3.76. The van der Waals surface area contributed by atoms with Crippen LogP contribution in [0, 0.1) is 12.7 Å². The molecule has 0 spiro atoms. The molecule has 0 radical (unpaired) electrons. The number of nitrogens with zero attached hydrogens (tertiary/aromatic N) is 3. The zero-order valence-electron chi connectivity index (χ0n) is 13.7. The summed E-state index contributed by atoms with van der Waals surface area (Å²) in [5.41, 5.74) is 2.97. The van der Waals surface area contributed by atoms with Crippen LogP contribution in [0.15, 0.2) is 54.6 Å². The van der Waals surface area contributed by atoms with Crippen molar-refractivity contribution in [1.29, 1.82) is 0 Å². The minimum atomic E-state index is -0.321. The maximum Gasteiger partial charge on any atom is 0.233 e. The van der Waals surface area contributed by atoms with Gasteiger partial charge in [-0.1, -0.05) is 48.5 Å². The first-order valence-electron chi connectivity index (χ1n) is 8.10. The zero-order chi connectivity index (χ0) is 17.4. The number of rotatable bonds is 3. The second-order valence-electron chi connectivity index (χ2n) is 6.05. The number of hydrogen-bond donors (Lipinski definition) is 0. The van der Waals surface area contributed by atoms with Crippen molar-refractivity contribution in [2.75, 3.05) is 4.90 Å². The summed E-state index contributed by atoms with van der Waals surface area (Å²) in [5, 5.41) is 0. The van der Waals surface area contributed by atoms with E-state index in [-0.39, 0.29) is 24.7 Å². The zero-order valence-corrected chi connectivity index (χ0v) is 13.7. The number of anilines is 1. The molecule has 4 nitrogen and oxygen atoms in total. The highest BCUT2D eigenvalue weighted by molar-refractivity contribution is 6.00. The summed E-state index contributed by atoms with van der Waals surface area (Å²) in [5.74, 6) is 0.753. The molecule has 1 aliphatic rings. The van der Waals surface area contributed by atoms with Gasteiger partial charge in [-0.3, -0.25) is 9.69 Å². The van der Waals surface area contributed by atoms with Crippen molar-refractivity contribution in [2.45, 2.75) is 19.9 Å². The van der Waals surface area contributed by atoms with Crippen molar-refractivity contribution in [1.82, 2.24) is 9.97 Å². The fourth-order valence-electron chi connectivity index (χ4n) is 3.05. The maximum absolute atomic E-state index is 14.0. The minimum Gasteiger partial charge on any atom is -0.292 e. The Morgan fingerprint density at radius 1 is 1.04 bits per heavy atom. The molecule has 5 heteroatoms. The van der Waals surface area contributed by atoms with Crippen LogP contribution >= 0.6 is 0 Å². The van der Waals surface area contributed by atoms with Crippen LogP contribution in [0.2, 0.25) is 0 Å². The normalized spacial score (nSPS) is 13.2. The molecule has 1 aromatic heterocycles. The third-order valence-corrected chi connectivity index (χ3v) is 4.40. The first-order chi connectivity index (χ1) is 12.1. The van der Waals surface area contributed by atoms with E-state index >= 15 is 0 Å². The predicted octanol–water partition coefficient (Wildman–Crippen LogP) is 3.68. The third kappa shape index (κ3) is 2.78. The Morgan fingerprint density at radius 2 is 1.76 bits per heavy atom. The molecule has 0 bridgehead atoms. The van der Waals surface area contributed by atoms with Crippen LogP contribution in [-0.2, 0) is 17.8 Å². The first kappa shape index (κ1) is 15.4. The van der Waals surface area contributed by atoms with Crippen molar-refractivity contribution < 1.29 is 9.18 Å². The predicted molar refractivity (Wildman–Crippen MR) is 93.5 cm³/mol. The highest BCUT2D eigenvalue weighted by atomic mass is 19.1. The summed E-state index contributed by atoms with van der Waals surface area (Å²) >= 11 is 0. The van der Waals surface area contributed by atoms with Crippen LogP contribution in [0.25, 0.3) is 11.4 Å². The number of benzene rings is 2. The Bertz CT molecular complexity index is 956. The van der Waals surface area contributed by atoms with Gasteiger partial charge in [-0.2, -0.15) is 0 Å². The number of aryl methyl sites for hydroxylation is 1. The van der Waals surface area contributed by atoms with Crippen molar-refractivity contribution in [3.05, 3.63) is 77.2 Å². The lowest BCUT2D eigenvalue weighted by molar-refractivity contribution is -0.117. The molecule has 0 aliphatic carbocycles. The van der Waals surface area contributed by atoms with E-state index in [4.69, 9.17) is 0 Å². The average molecular weight is 333 g/mol. The van der Waals surface area contributed by atoms with Crippen LogP contribution in [0.1, 0.15) is 16.8 Å². The summed E-state index contributed by atoms with van der Waals surface area (Å²) in [6.45, 7) is 2.05. The number of amides is 1. The van der Waals surface area contributed by atoms with Crippen molar-refractivity contribution >= 4 is 11.7 Å². The van der Waals surface area contributed by atoms with Crippen LogP contribution in [-0.4, -0.2) is 15.9 Å². The van der Waals surface area contributed by atoms with Gasteiger partial charge in [0.05, 0.1) is 13.0 Å². The summed E-state index contributed by atoms with van der Waals surface area (Å²) in [6.07, 6.45) is 0.255. The third-order valence-electron chi connectivity index (χ3n) is 4.40. The number of carbonyl (C=O) groups excluding carboxylic acids is 1. The second kappa shape index (κ2) is 6.09. The smallest absolute Gasteiger partial charge is 0.233 e. The molecule has 0 saturated carbocycles. The van der Waals surface area contributed by atoms with Gasteiger partial charge >= 0.3 is 0 Å². The molecule has 0 atom stereocenters. The largest absolute Gasteiger partial charge is 0.292 e. The first-order valence-corrected chi connectivity index (χ1v) is 8.10. The Balaban J connectivity index is 1.77. The van der Waals surface area contributed by atoms with Crippen LogP contribution in [0.3, 0.4) is 0 Å². The van der Waals surface area contributed by atoms with Crippen LogP contribution in [0.5, 0.6) is 0 Å². The number of hydrogen-bond acceptors (Lipinski definition) is 3. The quantitative estimate of drug-likeness (QED) is 0.734. The maximum atomic E-state index is 14.0.